The van der Waals surface area contributed by atoms with Gasteiger partial charge >= 0.3 is 5.97 Å². The number of aromatic carboxylic acids is 1. The number of anilines is 1. The largest absolute Gasteiger partial charge is 0.478 e. The Bertz CT molecular complexity index is 673. The molecular weight excluding hydrogens is 272 g/mol. The van der Waals surface area contributed by atoms with Gasteiger partial charge in [0.1, 0.15) is 5.52 Å². The second-order valence-electron chi connectivity index (χ2n) is 5.77. The molecule has 0 aliphatic heterocycles. The number of aliphatic hydroxyl groups is 1. The van der Waals surface area contributed by atoms with E-state index < -0.39 is 11.6 Å². The predicted octanol–water partition coefficient (Wildman–Crippen LogP) is 2.27. The van der Waals surface area contributed by atoms with E-state index in [9.17, 15) is 9.90 Å². The highest BCUT2D eigenvalue weighted by molar-refractivity contribution is 5.92. The number of fused-ring (bicyclic) bond motifs is 1. The molecule has 2 aromatic rings. The molecule has 1 aliphatic carbocycles. The summed E-state index contributed by atoms with van der Waals surface area (Å²) in [5.74, 6) is -0.997. The number of rotatable bonds is 4. The normalized spacial score (nSPS) is 17.2. The van der Waals surface area contributed by atoms with Crippen LogP contribution in [-0.2, 0) is 0 Å². The van der Waals surface area contributed by atoms with E-state index in [4.69, 9.17) is 9.52 Å². The lowest BCUT2D eigenvalue weighted by atomic mass is 10.0. The predicted molar refractivity (Wildman–Crippen MR) is 77.7 cm³/mol. The Morgan fingerprint density at radius 1 is 1.43 bits per heavy atom. The zero-order chi connectivity index (χ0) is 15.0. The van der Waals surface area contributed by atoms with Crippen LogP contribution in [0.4, 0.5) is 6.01 Å². The second-order valence-corrected chi connectivity index (χ2v) is 5.77. The number of carboxylic acid groups (broad SMARTS) is 1. The molecular formula is C15H18N2O4. The van der Waals surface area contributed by atoms with Crippen molar-refractivity contribution in [3.63, 3.8) is 0 Å². The minimum Gasteiger partial charge on any atom is -0.478 e. The van der Waals surface area contributed by atoms with Crippen LogP contribution < -0.4 is 4.90 Å². The minimum absolute atomic E-state index is 0.169. The first-order valence-corrected chi connectivity index (χ1v) is 7.04. The third kappa shape index (κ3) is 2.71. The Kier molecular flexibility index (Phi) is 3.33. The Labute approximate surface area is 122 Å². The van der Waals surface area contributed by atoms with E-state index in [2.05, 4.69) is 4.98 Å². The topological polar surface area (TPSA) is 86.8 Å². The van der Waals surface area contributed by atoms with Gasteiger partial charge in [-0.3, -0.25) is 0 Å². The van der Waals surface area contributed by atoms with Gasteiger partial charge in [0.25, 0.3) is 6.01 Å². The van der Waals surface area contributed by atoms with Crippen LogP contribution in [0.3, 0.4) is 0 Å². The van der Waals surface area contributed by atoms with Crippen LogP contribution >= 0.6 is 0 Å². The summed E-state index contributed by atoms with van der Waals surface area (Å²) in [6.45, 7) is 0.464. The van der Waals surface area contributed by atoms with Gasteiger partial charge in [-0.1, -0.05) is 12.8 Å². The maximum Gasteiger partial charge on any atom is 0.335 e. The molecule has 112 valence electrons. The van der Waals surface area contributed by atoms with Crippen LogP contribution in [-0.4, -0.2) is 40.4 Å². The molecule has 21 heavy (non-hydrogen) atoms. The molecule has 0 spiro atoms. The van der Waals surface area contributed by atoms with Crippen molar-refractivity contribution in [2.75, 3.05) is 18.5 Å². The Balaban J connectivity index is 1.84. The third-order valence-corrected chi connectivity index (χ3v) is 4.02. The van der Waals surface area contributed by atoms with Gasteiger partial charge in [0, 0.05) is 7.05 Å². The highest BCUT2D eigenvalue weighted by Gasteiger charge is 2.33. The van der Waals surface area contributed by atoms with Crippen LogP contribution in [0.1, 0.15) is 36.0 Å². The highest BCUT2D eigenvalue weighted by atomic mass is 16.4. The van der Waals surface area contributed by atoms with Crippen molar-refractivity contribution < 1.29 is 19.4 Å². The van der Waals surface area contributed by atoms with Crippen LogP contribution in [0, 0.1) is 0 Å². The number of nitrogens with zero attached hydrogens (tertiary/aromatic N) is 2. The quantitative estimate of drug-likeness (QED) is 0.898. The minimum atomic E-state index is -0.997. The van der Waals surface area contributed by atoms with Crippen LogP contribution in [0.5, 0.6) is 0 Å². The first kappa shape index (κ1) is 13.9. The summed E-state index contributed by atoms with van der Waals surface area (Å²) in [4.78, 5) is 17.1. The molecule has 0 saturated heterocycles. The molecule has 0 atom stereocenters. The molecule has 6 nitrogen and oxygen atoms in total. The zero-order valence-electron chi connectivity index (χ0n) is 11.9. The number of carboxylic acids is 1. The van der Waals surface area contributed by atoms with Crippen molar-refractivity contribution in [2.45, 2.75) is 31.3 Å². The number of aromatic nitrogens is 1. The van der Waals surface area contributed by atoms with Gasteiger partial charge in [-0.05, 0) is 31.0 Å². The smallest absolute Gasteiger partial charge is 0.335 e. The van der Waals surface area contributed by atoms with E-state index >= 15 is 0 Å². The fraction of sp³-hybridized carbons (Fsp3) is 0.467. The van der Waals surface area contributed by atoms with Crippen LogP contribution in [0.25, 0.3) is 11.1 Å². The van der Waals surface area contributed by atoms with Gasteiger partial charge < -0.3 is 19.5 Å². The molecule has 1 aromatic carbocycles. The maximum atomic E-state index is 11.0. The highest BCUT2D eigenvalue weighted by Crippen LogP contribution is 2.31. The zero-order valence-corrected chi connectivity index (χ0v) is 11.9. The Morgan fingerprint density at radius 3 is 2.81 bits per heavy atom. The van der Waals surface area contributed by atoms with Crippen molar-refractivity contribution in [3.8, 4) is 0 Å². The molecule has 3 rings (SSSR count). The molecule has 0 bridgehead atoms. The molecule has 1 aliphatic rings. The SMILES string of the molecule is CN(CC1(O)CCCC1)c1nc2ccc(C(=O)O)cc2o1. The number of benzene rings is 1. The van der Waals surface area contributed by atoms with Crippen molar-refractivity contribution in [2.24, 2.45) is 0 Å². The van der Waals surface area contributed by atoms with E-state index in [0.29, 0.717) is 23.7 Å². The summed E-state index contributed by atoms with van der Waals surface area (Å²) in [5, 5.41) is 19.4. The summed E-state index contributed by atoms with van der Waals surface area (Å²) in [7, 11) is 1.82. The van der Waals surface area contributed by atoms with Gasteiger partial charge in [-0.2, -0.15) is 4.98 Å². The number of oxazole rings is 1. The Hall–Kier alpha value is -2.08. The number of hydrogen-bond acceptors (Lipinski definition) is 5. The maximum absolute atomic E-state index is 11.0. The summed E-state index contributed by atoms with van der Waals surface area (Å²) in [5.41, 5.74) is 0.541. The number of carbonyl (C=O) groups is 1. The summed E-state index contributed by atoms with van der Waals surface area (Å²) in [6.07, 6.45) is 3.67. The van der Waals surface area contributed by atoms with Gasteiger partial charge in [0.2, 0.25) is 0 Å². The van der Waals surface area contributed by atoms with Crippen molar-refractivity contribution in [1.82, 2.24) is 4.98 Å². The van der Waals surface area contributed by atoms with Crippen molar-refractivity contribution in [1.29, 1.82) is 0 Å². The van der Waals surface area contributed by atoms with Crippen LogP contribution in [0.2, 0.25) is 0 Å². The van der Waals surface area contributed by atoms with Crippen molar-refractivity contribution >= 4 is 23.1 Å². The summed E-state index contributed by atoms with van der Waals surface area (Å²) < 4.78 is 5.62. The van der Waals surface area contributed by atoms with E-state index in [1.54, 1.807) is 11.0 Å². The first-order valence-electron chi connectivity index (χ1n) is 7.04. The summed E-state index contributed by atoms with van der Waals surface area (Å²) in [6, 6.07) is 4.99. The first-order chi connectivity index (χ1) is 9.97. The third-order valence-electron chi connectivity index (χ3n) is 4.02. The van der Waals surface area contributed by atoms with Gasteiger partial charge in [0.15, 0.2) is 5.58 Å². The molecule has 2 N–H and O–H groups in total. The standard InChI is InChI=1S/C15H18N2O4/c1-17(9-15(20)6-2-3-7-15)14-16-11-5-4-10(13(18)19)8-12(11)21-14/h4-5,8,20H,2-3,6-7,9H2,1H3,(H,18,19). The average molecular weight is 290 g/mol. The Morgan fingerprint density at radius 2 is 2.14 bits per heavy atom. The number of hydrogen-bond donors (Lipinski definition) is 2. The second kappa shape index (κ2) is 5.04. The van der Waals surface area contributed by atoms with Crippen molar-refractivity contribution in [3.05, 3.63) is 23.8 Å². The van der Waals surface area contributed by atoms with Crippen LogP contribution in [0.15, 0.2) is 22.6 Å². The van der Waals surface area contributed by atoms with E-state index in [1.165, 1.54) is 12.1 Å². The molecule has 1 heterocycles. The molecule has 0 amide bonds. The lowest BCUT2D eigenvalue weighted by molar-refractivity contribution is 0.0550. The van der Waals surface area contributed by atoms with E-state index in [-0.39, 0.29) is 5.56 Å². The molecule has 1 aromatic heterocycles. The lowest BCUT2D eigenvalue weighted by Gasteiger charge is -2.27. The molecule has 6 heteroatoms. The lowest BCUT2D eigenvalue weighted by Crippen LogP contribution is -2.39. The van der Waals surface area contributed by atoms with E-state index in [1.807, 2.05) is 7.05 Å². The van der Waals surface area contributed by atoms with Gasteiger partial charge in [0.05, 0.1) is 17.7 Å². The molecule has 0 radical (unpaired) electrons. The molecule has 1 saturated carbocycles. The average Bonchev–Trinajstić information content (AvgIpc) is 3.03. The van der Waals surface area contributed by atoms with Gasteiger partial charge in [-0.15, -0.1) is 0 Å². The number of likely N-dealkylation sites (N-methyl/N-ethyl adjacent to an activating group) is 1. The summed E-state index contributed by atoms with van der Waals surface area (Å²) >= 11 is 0. The fourth-order valence-electron chi connectivity index (χ4n) is 2.91. The molecule has 0 unspecified atom stereocenters. The monoisotopic (exact) mass is 290 g/mol. The fourth-order valence-corrected chi connectivity index (χ4v) is 2.91. The molecule has 1 fully saturated rings. The van der Waals surface area contributed by atoms with E-state index in [0.717, 1.165) is 25.7 Å². The van der Waals surface area contributed by atoms with Gasteiger partial charge in [-0.25, -0.2) is 4.79 Å².